The minimum atomic E-state index is -4.65. The summed E-state index contributed by atoms with van der Waals surface area (Å²) in [5, 5.41) is 13.4. The van der Waals surface area contributed by atoms with E-state index >= 15 is 0 Å². The summed E-state index contributed by atoms with van der Waals surface area (Å²) in [7, 11) is 2.72. The summed E-state index contributed by atoms with van der Waals surface area (Å²) in [5.74, 6) is -0.595. The lowest BCUT2D eigenvalue weighted by Crippen LogP contribution is -2.25. The van der Waals surface area contributed by atoms with E-state index in [2.05, 4.69) is 37.2 Å². The number of hydrogen-bond acceptors (Lipinski definition) is 6. The zero-order valence-electron chi connectivity index (χ0n) is 26.7. The first kappa shape index (κ1) is 37.7. The number of benzene rings is 4. The Morgan fingerprint density at radius 3 is 2.02 bits per heavy atom. The molecule has 0 saturated carbocycles. The Bertz CT molecular complexity index is 1940. The third-order valence-electron chi connectivity index (χ3n) is 8.12. The van der Waals surface area contributed by atoms with Crippen LogP contribution in [0.25, 0.3) is 0 Å². The maximum atomic E-state index is 13.2. The number of fused-ring (bicyclic) bond motifs is 2. The van der Waals surface area contributed by atoms with Gasteiger partial charge in [-0.3, -0.25) is 9.59 Å². The second-order valence-electron chi connectivity index (χ2n) is 11.3. The Morgan fingerprint density at radius 1 is 0.760 bits per heavy atom. The Kier molecular flexibility index (Phi) is 12.2. The van der Waals surface area contributed by atoms with Crippen LogP contribution in [0.3, 0.4) is 0 Å². The predicted octanol–water partition coefficient (Wildman–Crippen LogP) is 8.93. The van der Waals surface area contributed by atoms with Gasteiger partial charge in [0.15, 0.2) is 0 Å². The molecule has 0 saturated heterocycles. The van der Waals surface area contributed by atoms with Crippen LogP contribution in [0.5, 0.6) is 11.5 Å². The average Bonchev–Trinajstić information content (AvgIpc) is 3.10. The quantitative estimate of drug-likeness (QED) is 0.155. The molecule has 0 aliphatic carbocycles. The second kappa shape index (κ2) is 16.2. The zero-order chi connectivity index (χ0) is 36.2. The highest BCUT2D eigenvalue weighted by atomic mass is 79.9. The van der Waals surface area contributed by atoms with Crippen LogP contribution in [0.1, 0.15) is 48.5 Å². The predicted molar refractivity (Wildman–Crippen MR) is 193 cm³/mol. The lowest BCUT2D eigenvalue weighted by molar-refractivity contribution is -0.138. The normalized spacial score (nSPS) is 13.6. The average molecular weight is 815 g/mol. The highest BCUT2D eigenvalue weighted by molar-refractivity contribution is 9.10. The fourth-order valence-electron chi connectivity index (χ4n) is 5.60. The number of amides is 2. The molecule has 2 heterocycles. The van der Waals surface area contributed by atoms with Gasteiger partial charge in [0.2, 0.25) is 0 Å². The van der Waals surface area contributed by atoms with Gasteiger partial charge in [0.1, 0.15) is 11.5 Å². The Labute approximate surface area is 310 Å². The summed E-state index contributed by atoms with van der Waals surface area (Å²) in [6.07, 6.45) is -3.04. The monoisotopic (exact) mass is 812 g/mol. The summed E-state index contributed by atoms with van der Waals surface area (Å²) in [6, 6.07) is 13.6. The van der Waals surface area contributed by atoms with Gasteiger partial charge in [-0.25, -0.2) is 0 Å². The van der Waals surface area contributed by atoms with Crippen molar-refractivity contribution in [1.29, 1.82) is 0 Å². The van der Waals surface area contributed by atoms with Crippen LogP contribution < -0.4 is 30.7 Å². The van der Waals surface area contributed by atoms with Gasteiger partial charge in [0, 0.05) is 39.9 Å². The molecular formula is C35H31BrCl3F3N4O4. The molecule has 0 aromatic heterocycles. The SMILES string of the molecule is COc1ccc(C(=O)Nc2cc(Cl)c3c(c2)CNCC3)cc1Br.COc1ccc(C(=O)Nc2cc(Cl)c3c(c2Cl)CNCC3)cc1C(F)(F)F. The van der Waals surface area contributed by atoms with Crippen LogP contribution >= 0.6 is 50.7 Å². The first-order valence-corrected chi connectivity index (χ1v) is 17.2. The van der Waals surface area contributed by atoms with Crippen molar-refractivity contribution in [3.8, 4) is 11.5 Å². The van der Waals surface area contributed by atoms with E-state index in [9.17, 15) is 22.8 Å². The molecule has 4 aromatic carbocycles. The largest absolute Gasteiger partial charge is 0.496 e. The maximum absolute atomic E-state index is 13.2. The van der Waals surface area contributed by atoms with Crippen molar-refractivity contribution in [2.75, 3.05) is 37.9 Å². The van der Waals surface area contributed by atoms with Gasteiger partial charge < -0.3 is 30.7 Å². The molecule has 0 atom stereocenters. The molecule has 0 unspecified atom stereocenters. The molecule has 6 rings (SSSR count). The molecule has 2 amide bonds. The first-order valence-electron chi connectivity index (χ1n) is 15.2. The van der Waals surface area contributed by atoms with Crippen molar-refractivity contribution in [3.63, 3.8) is 0 Å². The number of rotatable bonds is 6. The molecule has 15 heteroatoms. The van der Waals surface area contributed by atoms with Gasteiger partial charge in [0.25, 0.3) is 11.8 Å². The number of carbonyl (C=O) groups is 2. The van der Waals surface area contributed by atoms with Crippen molar-refractivity contribution >= 4 is 73.9 Å². The molecular weight excluding hydrogens is 784 g/mol. The van der Waals surface area contributed by atoms with E-state index in [0.29, 0.717) is 45.0 Å². The van der Waals surface area contributed by atoms with Gasteiger partial charge in [-0.2, -0.15) is 13.2 Å². The standard InChI is InChI=1S/C18H15Cl2F3N2O2.C17H16BrClN2O2/c1-27-15-3-2-9(6-12(15)18(21,22)23)17(26)25-14-7-13(19)10-4-5-24-8-11(10)16(14)20;1-23-16-3-2-10(7-14(16)18)17(22)21-12-6-11-9-20-5-4-13(11)15(19)8-12/h2-3,6-7,24H,4-5,8H2,1H3,(H,25,26);2-3,6-8,20H,4-5,9H2,1H3,(H,21,22). The number of hydrogen-bond donors (Lipinski definition) is 4. The topological polar surface area (TPSA) is 101 Å². The summed E-state index contributed by atoms with van der Waals surface area (Å²) >= 11 is 22.4. The molecule has 4 aromatic rings. The maximum Gasteiger partial charge on any atom is 0.419 e. The van der Waals surface area contributed by atoms with E-state index in [4.69, 9.17) is 44.3 Å². The van der Waals surface area contributed by atoms with E-state index in [1.54, 1.807) is 25.3 Å². The number of anilines is 2. The van der Waals surface area contributed by atoms with Crippen LogP contribution in [0.4, 0.5) is 24.5 Å². The minimum absolute atomic E-state index is 0.175. The number of halogens is 7. The van der Waals surface area contributed by atoms with Crippen molar-refractivity contribution in [2.45, 2.75) is 32.1 Å². The molecule has 2 aliphatic rings. The lowest BCUT2D eigenvalue weighted by atomic mass is 10.00. The molecule has 50 heavy (non-hydrogen) atoms. The molecule has 8 nitrogen and oxygen atoms in total. The van der Waals surface area contributed by atoms with E-state index in [0.717, 1.165) is 72.0 Å². The molecule has 2 aliphatic heterocycles. The molecule has 0 spiro atoms. The van der Waals surface area contributed by atoms with E-state index in [1.165, 1.54) is 12.1 Å². The van der Waals surface area contributed by atoms with E-state index in [-0.39, 0.29) is 22.9 Å². The molecule has 0 radical (unpaired) electrons. The Morgan fingerprint density at radius 2 is 1.36 bits per heavy atom. The summed E-state index contributed by atoms with van der Waals surface area (Å²) in [4.78, 5) is 24.9. The fraction of sp³-hybridized carbons (Fsp3) is 0.257. The van der Waals surface area contributed by atoms with Gasteiger partial charge >= 0.3 is 6.18 Å². The Balaban J connectivity index is 0.000000197. The van der Waals surface area contributed by atoms with Crippen LogP contribution in [-0.2, 0) is 32.1 Å². The van der Waals surface area contributed by atoms with Gasteiger partial charge in [-0.15, -0.1) is 0 Å². The van der Waals surface area contributed by atoms with Gasteiger partial charge in [-0.05, 0) is 119 Å². The number of ether oxygens (including phenoxy) is 2. The smallest absolute Gasteiger partial charge is 0.419 e. The fourth-order valence-corrected chi connectivity index (χ4v) is 7.08. The Hall–Kier alpha value is -3.52. The number of nitrogens with one attached hydrogen (secondary N) is 4. The van der Waals surface area contributed by atoms with Gasteiger partial charge in [0.05, 0.1) is 35.0 Å². The highest BCUT2D eigenvalue weighted by Gasteiger charge is 2.35. The van der Waals surface area contributed by atoms with Gasteiger partial charge in [-0.1, -0.05) is 34.8 Å². The third kappa shape index (κ3) is 8.67. The third-order valence-corrected chi connectivity index (χ3v) is 9.85. The van der Waals surface area contributed by atoms with E-state index in [1.807, 2.05) is 12.1 Å². The summed E-state index contributed by atoms with van der Waals surface area (Å²) in [6.45, 7) is 2.96. The number of carbonyl (C=O) groups excluding carboxylic acids is 2. The molecule has 0 fully saturated rings. The van der Waals surface area contributed by atoms with Crippen LogP contribution in [-0.4, -0.2) is 39.1 Å². The molecule has 0 bridgehead atoms. The lowest BCUT2D eigenvalue weighted by Gasteiger charge is -2.22. The minimum Gasteiger partial charge on any atom is -0.496 e. The van der Waals surface area contributed by atoms with Crippen LogP contribution in [0, 0.1) is 0 Å². The highest BCUT2D eigenvalue weighted by Crippen LogP contribution is 2.38. The van der Waals surface area contributed by atoms with Crippen molar-refractivity contribution in [3.05, 3.63) is 113 Å². The number of alkyl halides is 3. The molecule has 264 valence electrons. The van der Waals surface area contributed by atoms with Crippen molar-refractivity contribution in [1.82, 2.24) is 10.6 Å². The number of methoxy groups -OCH3 is 2. The van der Waals surface area contributed by atoms with Crippen LogP contribution in [0.2, 0.25) is 15.1 Å². The molecule has 4 N–H and O–H groups in total. The van der Waals surface area contributed by atoms with Crippen molar-refractivity contribution < 1.29 is 32.2 Å². The van der Waals surface area contributed by atoms with Crippen LogP contribution in [0.15, 0.2) is 59.1 Å². The zero-order valence-corrected chi connectivity index (χ0v) is 30.6. The second-order valence-corrected chi connectivity index (χ2v) is 13.3. The van der Waals surface area contributed by atoms with E-state index < -0.39 is 17.6 Å². The van der Waals surface area contributed by atoms with Crippen molar-refractivity contribution in [2.24, 2.45) is 0 Å². The first-order chi connectivity index (χ1) is 23.8. The summed E-state index contributed by atoms with van der Waals surface area (Å²) in [5.41, 5.74) is 4.27. The summed E-state index contributed by atoms with van der Waals surface area (Å²) < 4.78 is 50.1.